The number of hydrogen-bond acceptors (Lipinski definition) is 4. The first-order valence-electron chi connectivity index (χ1n) is 11.7. The molecule has 3 aliphatic rings. The highest BCUT2D eigenvalue weighted by Gasteiger charge is 2.45. The first-order chi connectivity index (χ1) is 16.4. The fraction of sp³-hybridized carbons (Fsp3) is 0.370. The lowest BCUT2D eigenvalue weighted by molar-refractivity contribution is -0.154. The van der Waals surface area contributed by atoms with Crippen molar-refractivity contribution in [2.75, 3.05) is 6.61 Å². The second kappa shape index (κ2) is 9.12. The van der Waals surface area contributed by atoms with Crippen LogP contribution in [0.15, 0.2) is 59.2 Å². The summed E-state index contributed by atoms with van der Waals surface area (Å²) in [7, 11) is 0. The van der Waals surface area contributed by atoms with E-state index >= 15 is 0 Å². The standard InChI is InChI=1S/C27H26F2N2O3/c1-16-13-23(16)27(33)34-15-24(32)31-26(18-7-11-21(29)12-8-18)22-4-2-3-19(25(22)30-31)14-17-5-9-20(28)10-6-17/h5-12,14,16,22-23,26H,2-4,13,15H2,1H3. The summed E-state index contributed by atoms with van der Waals surface area (Å²) in [6.07, 6.45) is 5.29. The lowest BCUT2D eigenvalue weighted by Crippen LogP contribution is -2.34. The minimum absolute atomic E-state index is 0.0611. The molecule has 2 saturated carbocycles. The van der Waals surface area contributed by atoms with Crippen molar-refractivity contribution < 1.29 is 23.1 Å². The van der Waals surface area contributed by atoms with Gasteiger partial charge in [-0.05, 0) is 78.6 Å². The Hall–Kier alpha value is -3.35. The van der Waals surface area contributed by atoms with Gasteiger partial charge in [0.05, 0.1) is 17.7 Å². The lowest BCUT2D eigenvalue weighted by Gasteiger charge is -2.29. The number of hydrazone groups is 1. The van der Waals surface area contributed by atoms with E-state index in [2.05, 4.69) is 0 Å². The molecule has 2 fully saturated rings. The van der Waals surface area contributed by atoms with Crippen molar-refractivity contribution in [1.82, 2.24) is 5.01 Å². The van der Waals surface area contributed by atoms with Crippen molar-refractivity contribution in [3.8, 4) is 0 Å². The van der Waals surface area contributed by atoms with Gasteiger partial charge in [0.25, 0.3) is 5.91 Å². The minimum Gasteiger partial charge on any atom is -0.455 e. The van der Waals surface area contributed by atoms with Crippen LogP contribution in [0.5, 0.6) is 0 Å². The Morgan fingerprint density at radius 1 is 1.09 bits per heavy atom. The third kappa shape index (κ3) is 4.52. The summed E-state index contributed by atoms with van der Waals surface area (Å²) in [6, 6.07) is 11.9. The molecule has 4 unspecified atom stereocenters. The van der Waals surface area contributed by atoms with Gasteiger partial charge in [0.1, 0.15) is 11.6 Å². The molecule has 0 bridgehead atoms. The molecule has 0 spiro atoms. The zero-order chi connectivity index (χ0) is 23.8. The van der Waals surface area contributed by atoms with Crippen LogP contribution in [0.3, 0.4) is 0 Å². The number of fused-ring (bicyclic) bond motifs is 1. The van der Waals surface area contributed by atoms with Gasteiger partial charge in [-0.3, -0.25) is 9.59 Å². The Morgan fingerprint density at radius 3 is 2.38 bits per heavy atom. The molecule has 0 N–H and O–H groups in total. The van der Waals surface area contributed by atoms with Gasteiger partial charge in [-0.25, -0.2) is 13.8 Å². The van der Waals surface area contributed by atoms with Gasteiger partial charge in [-0.1, -0.05) is 31.2 Å². The molecule has 2 aliphatic carbocycles. The van der Waals surface area contributed by atoms with E-state index < -0.39 is 11.9 Å². The summed E-state index contributed by atoms with van der Waals surface area (Å²) in [4.78, 5) is 25.3. The molecule has 5 rings (SSSR count). The molecule has 176 valence electrons. The Kier molecular flexibility index (Phi) is 6.02. The minimum atomic E-state index is -0.404. The molecule has 4 atom stereocenters. The third-order valence-electron chi connectivity index (χ3n) is 6.93. The maximum atomic E-state index is 13.6. The van der Waals surface area contributed by atoms with Gasteiger partial charge in [0.2, 0.25) is 0 Å². The van der Waals surface area contributed by atoms with Gasteiger partial charge < -0.3 is 4.74 Å². The number of amides is 1. The van der Waals surface area contributed by atoms with Gasteiger partial charge in [-0.15, -0.1) is 0 Å². The number of halogens is 2. The molecule has 2 aromatic rings. The van der Waals surface area contributed by atoms with Crippen LogP contribution in [0.25, 0.3) is 6.08 Å². The Labute approximate surface area is 197 Å². The van der Waals surface area contributed by atoms with Crippen molar-refractivity contribution >= 4 is 23.7 Å². The molecule has 1 aliphatic heterocycles. The van der Waals surface area contributed by atoms with Crippen LogP contribution in [0.2, 0.25) is 0 Å². The average molecular weight is 465 g/mol. The number of carbonyl (C=O) groups excluding carboxylic acids is 2. The molecule has 0 saturated heterocycles. The highest BCUT2D eigenvalue weighted by molar-refractivity contribution is 6.08. The van der Waals surface area contributed by atoms with E-state index in [-0.39, 0.29) is 36.0 Å². The molecule has 2 aromatic carbocycles. The lowest BCUT2D eigenvalue weighted by atomic mass is 9.77. The maximum Gasteiger partial charge on any atom is 0.309 e. The van der Waals surface area contributed by atoms with Crippen LogP contribution in [-0.2, 0) is 14.3 Å². The van der Waals surface area contributed by atoms with E-state index in [4.69, 9.17) is 9.84 Å². The van der Waals surface area contributed by atoms with Crippen LogP contribution >= 0.6 is 0 Å². The summed E-state index contributed by atoms with van der Waals surface area (Å²) in [5.74, 6) is -1.30. The van der Waals surface area contributed by atoms with E-state index in [1.54, 1.807) is 24.3 Å². The summed E-state index contributed by atoms with van der Waals surface area (Å²) >= 11 is 0. The molecular weight excluding hydrogens is 438 g/mol. The van der Waals surface area contributed by atoms with Crippen LogP contribution < -0.4 is 0 Å². The number of esters is 1. The zero-order valence-electron chi connectivity index (χ0n) is 18.9. The van der Waals surface area contributed by atoms with E-state index in [0.717, 1.165) is 48.1 Å². The summed E-state index contributed by atoms with van der Waals surface area (Å²) < 4.78 is 32.2. The Morgan fingerprint density at radius 2 is 1.74 bits per heavy atom. The highest BCUT2D eigenvalue weighted by Crippen LogP contribution is 2.44. The van der Waals surface area contributed by atoms with Gasteiger partial charge in [-0.2, -0.15) is 5.10 Å². The summed E-state index contributed by atoms with van der Waals surface area (Å²) in [5, 5.41) is 6.12. The smallest absolute Gasteiger partial charge is 0.309 e. The largest absolute Gasteiger partial charge is 0.455 e. The number of nitrogens with zero attached hydrogens (tertiary/aromatic N) is 2. The van der Waals surface area contributed by atoms with E-state index in [0.29, 0.717) is 5.92 Å². The molecule has 5 nitrogen and oxygen atoms in total. The fourth-order valence-electron chi connectivity index (χ4n) is 4.92. The van der Waals surface area contributed by atoms with Crippen molar-refractivity contribution in [2.45, 2.75) is 38.6 Å². The second-order valence-electron chi connectivity index (χ2n) is 9.37. The SMILES string of the molecule is CC1CC1C(=O)OCC(=O)N1N=C2C(=Cc3ccc(F)cc3)CCCC2C1c1ccc(F)cc1. The number of rotatable bonds is 5. The molecule has 34 heavy (non-hydrogen) atoms. The average Bonchev–Trinajstić information content (AvgIpc) is 3.44. The molecule has 0 aromatic heterocycles. The highest BCUT2D eigenvalue weighted by atomic mass is 19.1. The Balaban J connectivity index is 1.44. The molecule has 1 amide bonds. The van der Waals surface area contributed by atoms with Gasteiger partial charge in [0, 0.05) is 5.92 Å². The normalized spacial score (nSPS) is 26.7. The van der Waals surface area contributed by atoms with Gasteiger partial charge in [0.15, 0.2) is 6.61 Å². The number of carbonyl (C=O) groups is 2. The zero-order valence-corrected chi connectivity index (χ0v) is 18.9. The van der Waals surface area contributed by atoms with Crippen LogP contribution in [-0.4, -0.2) is 29.2 Å². The number of allylic oxidation sites excluding steroid dienone is 1. The van der Waals surface area contributed by atoms with Crippen LogP contribution in [0.1, 0.15) is 49.8 Å². The second-order valence-corrected chi connectivity index (χ2v) is 9.37. The first kappa shape index (κ1) is 22.4. The van der Waals surface area contributed by atoms with Crippen molar-refractivity contribution in [3.63, 3.8) is 0 Å². The number of benzene rings is 2. The maximum absolute atomic E-state index is 13.6. The van der Waals surface area contributed by atoms with Crippen molar-refractivity contribution in [3.05, 3.63) is 76.9 Å². The molecule has 1 heterocycles. The number of ether oxygens (including phenoxy) is 1. The quantitative estimate of drug-likeness (QED) is 0.565. The van der Waals surface area contributed by atoms with E-state index in [1.165, 1.54) is 29.3 Å². The van der Waals surface area contributed by atoms with E-state index in [9.17, 15) is 18.4 Å². The van der Waals surface area contributed by atoms with Gasteiger partial charge >= 0.3 is 5.97 Å². The van der Waals surface area contributed by atoms with Crippen molar-refractivity contribution in [1.29, 1.82) is 0 Å². The predicted molar refractivity (Wildman–Crippen MR) is 123 cm³/mol. The number of hydrogen-bond donors (Lipinski definition) is 0. The fourth-order valence-corrected chi connectivity index (χ4v) is 4.92. The predicted octanol–water partition coefficient (Wildman–Crippen LogP) is 5.29. The van der Waals surface area contributed by atoms with Crippen LogP contribution in [0.4, 0.5) is 8.78 Å². The Bertz CT molecular complexity index is 1160. The summed E-state index contributed by atoms with van der Waals surface area (Å²) in [5.41, 5.74) is 3.44. The topological polar surface area (TPSA) is 59.0 Å². The monoisotopic (exact) mass is 464 g/mol. The van der Waals surface area contributed by atoms with E-state index in [1.807, 2.05) is 13.0 Å². The molecular formula is C27H26F2N2O3. The van der Waals surface area contributed by atoms with Crippen LogP contribution in [0, 0.1) is 29.4 Å². The molecule has 7 heteroatoms. The van der Waals surface area contributed by atoms with Crippen molar-refractivity contribution in [2.24, 2.45) is 22.9 Å². The summed E-state index contributed by atoms with van der Waals surface area (Å²) in [6.45, 7) is 1.60. The third-order valence-corrected chi connectivity index (χ3v) is 6.93. The first-order valence-corrected chi connectivity index (χ1v) is 11.7. The molecule has 0 radical (unpaired) electrons.